The molecule has 17 heavy (non-hydrogen) atoms. The summed E-state index contributed by atoms with van der Waals surface area (Å²) in [5.41, 5.74) is 12.4. The predicted molar refractivity (Wildman–Crippen MR) is 69.0 cm³/mol. The number of hydrogen-bond donors (Lipinski definition) is 4. The Morgan fingerprint density at radius 2 is 1.00 bits per heavy atom. The molecule has 0 radical (unpaired) electrons. The van der Waals surface area contributed by atoms with Crippen LogP contribution in [0.25, 0.3) is 0 Å². The third-order valence-electron chi connectivity index (χ3n) is 5.07. The predicted octanol–water partition coefficient (Wildman–Crippen LogP) is 1.11. The summed E-state index contributed by atoms with van der Waals surface area (Å²) in [5.74, 6) is 0. The van der Waals surface area contributed by atoms with Gasteiger partial charge in [0.25, 0.3) is 0 Å². The third kappa shape index (κ3) is 1.82. The van der Waals surface area contributed by atoms with Gasteiger partial charge < -0.3 is 11.5 Å². The largest absolute Gasteiger partial charge is 0.311 e. The molecule has 0 amide bonds. The maximum atomic E-state index is 6.61. The molecule has 0 aromatic heterocycles. The van der Waals surface area contributed by atoms with Crippen LogP contribution >= 0.6 is 0 Å². The second-order valence-corrected chi connectivity index (χ2v) is 6.40. The molecule has 2 saturated carbocycles. The smallest absolute Gasteiger partial charge is 0.0997 e. The fourth-order valence-electron chi connectivity index (χ4n) is 4.07. The van der Waals surface area contributed by atoms with Gasteiger partial charge in [-0.1, -0.05) is 38.5 Å². The molecule has 1 heterocycles. The van der Waals surface area contributed by atoms with Crippen molar-refractivity contribution in [1.82, 2.24) is 10.6 Å². The normalized spacial score (nSPS) is 45.5. The first-order chi connectivity index (χ1) is 8.08. The van der Waals surface area contributed by atoms with Crippen LogP contribution in [0, 0.1) is 0 Å². The zero-order chi connectivity index (χ0) is 12.0. The zero-order valence-electron chi connectivity index (χ0n) is 10.7. The van der Waals surface area contributed by atoms with Crippen LogP contribution in [0.1, 0.15) is 64.2 Å². The summed E-state index contributed by atoms with van der Waals surface area (Å²) in [5, 5.41) is 7.41. The number of rotatable bonds is 0. The topological polar surface area (TPSA) is 76.1 Å². The Labute approximate surface area is 104 Å². The fraction of sp³-hybridized carbons (Fsp3) is 1.00. The van der Waals surface area contributed by atoms with E-state index in [2.05, 4.69) is 10.6 Å². The van der Waals surface area contributed by atoms with E-state index in [1.54, 1.807) is 0 Å². The Bertz CT molecular complexity index is 278. The van der Waals surface area contributed by atoms with Crippen molar-refractivity contribution in [3.05, 3.63) is 0 Å². The van der Waals surface area contributed by atoms with E-state index in [1.165, 1.54) is 51.4 Å². The van der Waals surface area contributed by atoms with E-state index in [0.717, 1.165) is 12.8 Å². The van der Waals surface area contributed by atoms with Gasteiger partial charge in [0.1, 0.15) is 0 Å². The lowest BCUT2D eigenvalue weighted by Gasteiger charge is -2.38. The van der Waals surface area contributed by atoms with E-state index >= 15 is 0 Å². The molecule has 1 aliphatic heterocycles. The van der Waals surface area contributed by atoms with Gasteiger partial charge in [-0.05, 0) is 25.7 Å². The number of hydrogen-bond acceptors (Lipinski definition) is 4. The highest BCUT2D eigenvalue weighted by Gasteiger charge is 2.59. The zero-order valence-corrected chi connectivity index (χ0v) is 10.7. The van der Waals surface area contributed by atoms with Crippen LogP contribution in [0.2, 0.25) is 0 Å². The van der Waals surface area contributed by atoms with E-state index in [0.29, 0.717) is 0 Å². The van der Waals surface area contributed by atoms with Crippen molar-refractivity contribution in [3.8, 4) is 0 Å². The van der Waals surface area contributed by atoms with Gasteiger partial charge in [0.05, 0.1) is 17.0 Å². The Morgan fingerprint density at radius 1 is 0.588 bits per heavy atom. The van der Waals surface area contributed by atoms with Crippen LogP contribution in [0.4, 0.5) is 0 Å². The molecule has 6 N–H and O–H groups in total. The molecule has 0 aromatic rings. The highest BCUT2D eigenvalue weighted by Crippen LogP contribution is 2.41. The molecule has 2 aliphatic carbocycles. The summed E-state index contributed by atoms with van der Waals surface area (Å²) in [6, 6.07) is 0. The second kappa shape index (κ2) is 3.92. The average molecular weight is 238 g/mol. The van der Waals surface area contributed by atoms with E-state index in [-0.39, 0.29) is 5.66 Å². The van der Waals surface area contributed by atoms with Gasteiger partial charge in [0.15, 0.2) is 0 Å². The average Bonchev–Trinajstić information content (AvgIpc) is 2.39. The molecular formula is C13H26N4. The minimum atomic E-state index is -0.402. The standard InChI is InChI=1S/C13H26N4/c14-12-9-5-2-6-10-13(12,15)17-11(16-12)7-3-1-4-8-11/h16-17H,1-10,14-15H2/t12-,13-/m1/s1. The molecule has 3 aliphatic rings. The summed E-state index contributed by atoms with van der Waals surface area (Å²) in [6.45, 7) is 0. The van der Waals surface area contributed by atoms with Gasteiger partial charge in [0.2, 0.25) is 0 Å². The highest BCUT2D eigenvalue weighted by atomic mass is 15.4. The highest BCUT2D eigenvalue weighted by molar-refractivity contribution is 5.17. The Hall–Kier alpha value is -0.160. The lowest BCUT2D eigenvalue weighted by atomic mass is 9.89. The first-order valence-electron chi connectivity index (χ1n) is 7.24. The quantitative estimate of drug-likeness (QED) is 0.510. The maximum Gasteiger partial charge on any atom is 0.0997 e. The van der Waals surface area contributed by atoms with Gasteiger partial charge in [-0.25, -0.2) is 0 Å². The monoisotopic (exact) mass is 238 g/mol. The molecule has 4 nitrogen and oxygen atoms in total. The molecule has 3 rings (SSSR count). The number of nitrogens with two attached hydrogens (primary N) is 2. The van der Waals surface area contributed by atoms with Crippen molar-refractivity contribution >= 4 is 0 Å². The van der Waals surface area contributed by atoms with Crippen LogP contribution < -0.4 is 22.1 Å². The summed E-state index contributed by atoms with van der Waals surface area (Å²) in [7, 11) is 0. The van der Waals surface area contributed by atoms with E-state index in [4.69, 9.17) is 11.5 Å². The van der Waals surface area contributed by atoms with Gasteiger partial charge in [0, 0.05) is 0 Å². The summed E-state index contributed by atoms with van der Waals surface area (Å²) < 4.78 is 0. The number of nitrogens with one attached hydrogen (secondary N) is 2. The van der Waals surface area contributed by atoms with E-state index < -0.39 is 11.3 Å². The van der Waals surface area contributed by atoms with Crippen LogP contribution in [0.5, 0.6) is 0 Å². The molecule has 98 valence electrons. The fourth-order valence-corrected chi connectivity index (χ4v) is 4.07. The number of fused-ring (bicyclic) bond motifs is 1. The van der Waals surface area contributed by atoms with E-state index in [1.807, 2.05) is 0 Å². The summed E-state index contributed by atoms with van der Waals surface area (Å²) >= 11 is 0. The van der Waals surface area contributed by atoms with Crippen molar-refractivity contribution in [1.29, 1.82) is 0 Å². The Kier molecular flexibility index (Phi) is 2.74. The minimum Gasteiger partial charge on any atom is -0.311 e. The van der Waals surface area contributed by atoms with Crippen LogP contribution in [-0.4, -0.2) is 17.0 Å². The van der Waals surface area contributed by atoms with Gasteiger partial charge >= 0.3 is 0 Å². The molecule has 2 atom stereocenters. The minimum absolute atomic E-state index is 0.0269. The van der Waals surface area contributed by atoms with Crippen molar-refractivity contribution in [2.24, 2.45) is 11.5 Å². The van der Waals surface area contributed by atoms with Crippen LogP contribution in [0.15, 0.2) is 0 Å². The van der Waals surface area contributed by atoms with E-state index in [9.17, 15) is 0 Å². The molecule has 0 bridgehead atoms. The lowest BCUT2D eigenvalue weighted by Crippen LogP contribution is -2.70. The van der Waals surface area contributed by atoms with Crippen molar-refractivity contribution in [2.75, 3.05) is 0 Å². The van der Waals surface area contributed by atoms with Gasteiger partial charge in [-0.3, -0.25) is 10.6 Å². The second-order valence-electron chi connectivity index (χ2n) is 6.40. The first kappa shape index (κ1) is 11.9. The molecule has 3 fully saturated rings. The summed E-state index contributed by atoms with van der Waals surface area (Å²) in [4.78, 5) is 0. The van der Waals surface area contributed by atoms with Crippen molar-refractivity contribution in [3.63, 3.8) is 0 Å². The van der Waals surface area contributed by atoms with Crippen LogP contribution in [0.3, 0.4) is 0 Å². The molecule has 1 spiro atoms. The SMILES string of the molecule is N[C@@]12CCCCC[C@@]1(N)NC1(CCCCC1)N2. The molecule has 4 heteroatoms. The third-order valence-corrected chi connectivity index (χ3v) is 5.07. The maximum absolute atomic E-state index is 6.61. The van der Waals surface area contributed by atoms with Crippen molar-refractivity contribution < 1.29 is 0 Å². The lowest BCUT2D eigenvalue weighted by molar-refractivity contribution is 0.203. The summed E-state index contributed by atoms with van der Waals surface area (Å²) in [6.07, 6.45) is 11.9. The Balaban J connectivity index is 1.87. The van der Waals surface area contributed by atoms with Gasteiger partial charge in [-0.15, -0.1) is 0 Å². The molecular weight excluding hydrogens is 212 g/mol. The molecule has 1 saturated heterocycles. The molecule has 0 aromatic carbocycles. The van der Waals surface area contributed by atoms with Crippen LogP contribution in [-0.2, 0) is 0 Å². The van der Waals surface area contributed by atoms with Crippen molar-refractivity contribution in [2.45, 2.75) is 81.2 Å². The van der Waals surface area contributed by atoms with Gasteiger partial charge in [-0.2, -0.15) is 0 Å². The Morgan fingerprint density at radius 3 is 1.47 bits per heavy atom. The molecule has 0 unspecified atom stereocenters. The first-order valence-corrected chi connectivity index (χ1v) is 7.24.